The van der Waals surface area contributed by atoms with Gasteiger partial charge in [0.15, 0.2) is 0 Å². The van der Waals surface area contributed by atoms with E-state index in [-0.39, 0.29) is 0 Å². The number of rotatable bonds is 2. The molecule has 0 heterocycles. The summed E-state index contributed by atoms with van der Waals surface area (Å²) in [5.41, 5.74) is 0.782. The third-order valence-corrected chi connectivity index (χ3v) is 1.32. The Morgan fingerprint density at radius 2 is 1.91 bits per heavy atom. The van der Waals surface area contributed by atoms with E-state index in [0.717, 1.165) is 5.69 Å². The monoisotopic (exact) mass is 170 g/mol. The van der Waals surface area contributed by atoms with Gasteiger partial charge in [0.05, 0.1) is 5.69 Å². The van der Waals surface area contributed by atoms with Crippen LogP contribution in [0.1, 0.15) is 0 Å². The van der Waals surface area contributed by atoms with E-state index in [4.69, 9.17) is 11.9 Å². The minimum atomic E-state index is 0.599. The molecule has 0 atom stereocenters. The summed E-state index contributed by atoms with van der Waals surface area (Å²) in [6.07, 6.45) is 0. The van der Waals surface area contributed by atoms with Gasteiger partial charge < -0.3 is 4.29 Å². The molecule has 0 N–H and O–H groups in total. The molecule has 0 spiro atoms. The molecular weight excluding hydrogens is 164 g/mol. The zero-order valence-electron chi connectivity index (χ0n) is 5.99. The minimum absolute atomic E-state index is 0.599. The van der Waals surface area contributed by atoms with Gasteiger partial charge in [0.25, 0.3) is 0 Å². The van der Waals surface area contributed by atoms with Crippen molar-refractivity contribution in [1.82, 2.24) is 0 Å². The maximum Gasteiger partial charge on any atom is 0.146 e. The summed E-state index contributed by atoms with van der Waals surface area (Å²) in [5, 5.41) is 7.42. The minimum Gasteiger partial charge on any atom is -0.386 e. The van der Waals surface area contributed by atoms with Crippen molar-refractivity contribution in [2.45, 2.75) is 0 Å². The summed E-state index contributed by atoms with van der Waals surface area (Å²) in [7, 11) is 1.62. The maximum atomic E-state index is 5.10. The van der Waals surface area contributed by atoms with Crippen LogP contribution in [-0.4, -0.2) is 7.05 Å². The van der Waals surface area contributed by atoms with E-state index >= 15 is 0 Å². The topological polar surface area (TPSA) is 34.0 Å². The maximum absolute atomic E-state index is 5.10. The van der Waals surface area contributed by atoms with E-state index in [9.17, 15) is 0 Å². The van der Waals surface area contributed by atoms with Crippen LogP contribution >= 0.6 is 11.9 Å². The Hall–Kier alpha value is -1.09. The zero-order valence-corrected chi connectivity index (χ0v) is 6.75. The number of nitrogens with zero attached hydrogens (tertiary/aromatic N) is 2. The molecule has 0 amide bonds. The third kappa shape index (κ3) is 2.20. The molecule has 11 heavy (non-hydrogen) atoms. The van der Waals surface area contributed by atoms with Gasteiger partial charge >= 0.3 is 0 Å². The smallest absolute Gasteiger partial charge is 0.146 e. The highest BCUT2D eigenvalue weighted by Gasteiger charge is 1.91. The number of hydrogen-bond acceptors (Lipinski definition) is 3. The SMILES string of the molecule is C/N=N/c1ccc(OCl)cc1. The zero-order chi connectivity index (χ0) is 8.10. The van der Waals surface area contributed by atoms with E-state index in [1.165, 1.54) is 0 Å². The molecule has 0 aliphatic heterocycles. The van der Waals surface area contributed by atoms with E-state index in [0.29, 0.717) is 5.75 Å². The van der Waals surface area contributed by atoms with Gasteiger partial charge in [-0.25, -0.2) is 0 Å². The summed E-state index contributed by atoms with van der Waals surface area (Å²) in [4.78, 5) is 0. The molecule has 0 fully saturated rings. The van der Waals surface area contributed by atoms with Crippen LogP contribution in [0.15, 0.2) is 34.5 Å². The van der Waals surface area contributed by atoms with Crippen LogP contribution in [0.2, 0.25) is 0 Å². The van der Waals surface area contributed by atoms with Gasteiger partial charge in [-0.15, -0.1) is 0 Å². The van der Waals surface area contributed by atoms with Crippen LogP contribution < -0.4 is 4.29 Å². The molecule has 0 aliphatic rings. The van der Waals surface area contributed by atoms with Crippen molar-refractivity contribution in [3.63, 3.8) is 0 Å². The first-order valence-electron chi connectivity index (χ1n) is 3.05. The normalized spacial score (nSPS) is 10.4. The van der Waals surface area contributed by atoms with Gasteiger partial charge in [0.2, 0.25) is 0 Å². The van der Waals surface area contributed by atoms with Crippen molar-refractivity contribution in [1.29, 1.82) is 0 Å². The van der Waals surface area contributed by atoms with E-state index in [2.05, 4.69) is 14.5 Å². The molecule has 4 heteroatoms. The van der Waals surface area contributed by atoms with E-state index in [1.54, 1.807) is 31.3 Å². The molecule has 0 saturated heterocycles. The highest BCUT2D eigenvalue weighted by atomic mass is 35.5. The average molecular weight is 171 g/mol. The second-order valence-electron chi connectivity index (χ2n) is 1.87. The van der Waals surface area contributed by atoms with Gasteiger partial charge in [-0.2, -0.15) is 10.2 Å². The predicted octanol–water partition coefficient (Wildman–Crippen LogP) is 2.93. The summed E-state index contributed by atoms with van der Waals surface area (Å²) in [5.74, 6) is 0.599. The fraction of sp³-hybridized carbons (Fsp3) is 0.143. The summed E-state index contributed by atoms with van der Waals surface area (Å²) in [6, 6.07) is 6.98. The summed E-state index contributed by atoms with van der Waals surface area (Å²) in [6.45, 7) is 0. The molecule has 0 radical (unpaired) electrons. The predicted molar refractivity (Wildman–Crippen MR) is 43.4 cm³/mol. The molecule has 0 saturated carbocycles. The fourth-order valence-corrected chi connectivity index (χ4v) is 0.783. The number of hydrogen-bond donors (Lipinski definition) is 0. The Balaban J connectivity index is 2.82. The molecular formula is C7H7ClN2O. The Morgan fingerprint density at radius 3 is 2.36 bits per heavy atom. The van der Waals surface area contributed by atoms with Crippen molar-refractivity contribution >= 4 is 17.6 Å². The van der Waals surface area contributed by atoms with Gasteiger partial charge in [-0.1, -0.05) is 0 Å². The first-order chi connectivity index (χ1) is 5.36. The Kier molecular flexibility index (Phi) is 2.86. The Labute approximate surface area is 69.8 Å². The highest BCUT2D eigenvalue weighted by Crippen LogP contribution is 2.18. The van der Waals surface area contributed by atoms with Crippen LogP contribution in [0.3, 0.4) is 0 Å². The van der Waals surface area contributed by atoms with Crippen molar-refractivity contribution < 1.29 is 4.29 Å². The first kappa shape index (κ1) is 8.01. The van der Waals surface area contributed by atoms with Gasteiger partial charge in [0.1, 0.15) is 17.6 Å². The molecule has 0 bridgehead atoms. The van der Waals surface area contributed by atoms with Crippen LogP contribution in [0.25, 0.3) is 0 Å². The molecule has 3 nitrogen and oxygen atoms in total. The van der Waals surface area contributed by atoms with E-state index in [1.807, 2.05) is 0 Å². The van der Waals surface area contributed by atoms with E-state index < -0.39 is 0 Å². The second kappa shape index (κ2) is 3.93. The largest absolute Gasteiger partial charge is 0.386 e. The van der Waals surface area contributed by atoms with Crippen LogP contribution in [0, 0.1) is 0 Å². The highest BCUT2D eigenvalue weighted by molar-refractivity contribution is 6.09. The number of benzene rings is 1. The molecule has 0 unspecified atom stereocenters. The lowest BCUT2D eigenvalue weighted by atomic mass is 10.3. The number of halogens is 1. The number of azo groups is 1. The van der Waals surface area contributed by atoms with Crippen LogP contribution in [0.4, 0.5) is 5.69 Å². The Morgan fingerprint density at radius 1 is 1.27 bits per heavy atom. The lowest BCUT2D eigenvalue weighted by molar-refractivity contribution is 0.619. The van der Waals surface area contributed by atoms with Crippen molar-refractivity contribution in [2.75, 3.05) is 7.05 Å². The Bertz CT molecular complexity index is 245. The van der Waals surface area contributed by atoms with Crippen molar-refractivity contribution in [2.24, 2.45) is 10.2 Å². The fourth-order valence-electron chi connectivity index (χ4n) is 0.680. The molecule has 0 aromatic heterocycles. The van der Waals surface area contributed by atoms with Gasteiger partial charge in [-0.05, 0) is 24.3 Å². The molecule has 58 valence electrons. The molecule has 1 aromatic rings. The van der Waals surface area contributed by atoms with Crippen LogP contribution in [-0.2, 0) is 0 Å². The van der Waals surface area contributed by atoms with Gasteiger partial charge in [-0.3, -0.25) is 0 Å². The summed E-state index contributed by atoms with van der Waals surface area (Å²) < 4.78 is 4.45. The van der Waals surface area contributed by atoms with Crippen molar-refractivity contribution in [3.8, 4) is 5.75 Å². The third-order valence-electron chi connectivity index (χ3n) is 1.14. The van der Waals surface area contributed by atoms with Crippen molar-refractivity contribution in [3.05, 3.63) is 24.3 Å². The second-order valence-corrected chi connectivity index (χ2v) is 2.03. The quantitative estimate of drug-likeness (QED) is 0.629. The average Bonchev–Trinajstić information content (AvgIpc) is 2.07. The molecule has 1 rings (SSSR count). The molecule has 1 aromatic carbocycles. The summed E-state index contributed by atoms with van der Waals surface area (Å²) >= 11 is 5.10. The van der Waals surface area contributed by atoms with Crippen LogP contribution in [0.5, 0.6) is 5.75 Å². The van der Waals surface area contributed by atoms with Gasteiger partial charge in [0, 0.05) is 7.05 Å². The first-order valence-corrected chi connectivity index (χ1v) is 3.36. The lowest BCUT2D eigenvalue weighted by Gasteiger charge is -1.94. The standard InChI is InChI=1S/C7H7ClN2O/c1-9-10-6-2-4-7(11-8)5-3-6/h2-5H,1H3/b10-9+. The molecule has 0 aliphatic carbocycles. The lowest BCUT2D eigenvalue weighted by Crippen LogP contribution is -1.71.